The van der Waals surface area contributed by atoms with E-state index in [2.05, 4.69) is 10.6 Å². The van der Waals surface area contributed by atoms with Crippen LogP contribution in [0.15, 0.2) is 18.2 Å². The smallest absolute Gasteiger partial charge is 0.239 e. The molecule has 0 aromatic heterocycles. The van der Waals surface area contributed by atoms with Crippen molar-refractivity contribution in [1.82, 2.24) is 5.32 Å². The van der Waals surface area contributed by atoms with Crippen LogP contribution in [0, 0.1) is 5.41 Å². The molecular weight excluding hydrogens is 299 g/mol. The van der Waals surface area contributed by atoms with Crippen LogP contribution in [-0.4, -0.2) is 17.9 Å². The number of amides is 2. The highest BCUT2D eigenvalue weighted by Crippen LogP contribution is 2.25. The lowest BCUT2D eigenvalue weighted by Crippen LogP contribution is -2.47. The minimum atomic E-state index is -1.20. The van der Waals surface area contributed by atoms with Gasteiger partial charge in [-0.2, -0.15) is 0 Å². The van der Waals surface area contributed by atoms with E-state index in [-0.39, 0.29) is 11.9 Å². The van der Waals surface area contributed by atoms with Gasteiger partial charge in [0, 0.05) is 21.8 Å². The average molecular weight is 317 g/mol. The van der Waals surface area contributed by atoms with E-state index in [9.17, 15) is 9.59 Å². The first-order chi connectivity index (χ1) is 9.12. The average Bonchev–Trinajstić information content (AvgIpc) is 2.26. The molecule has 0 bridgehead atoms. The van der Waals surface area contributed by atoms with Gasteiger partial charge < -0.3 is 10.6 Å². The Morgan fingerprint density at radius 3 is 2.00 bits per heavy atom. The number of benzene rings is 1. The fourth-order valence-electron chi connectivity index (χ4n) is 1.46. The van der Waals surface area contributed by atoms with Crippen LogP contribution in [-0.2, 0) is 9.59 Å². The van der Waals surface area contributed by atoms with E-state index in [1.165, 1.54) is 0 Å². The van der Waals surface area contributed by atoms with Crippen molar-refractivity contribution in [3.05, 3.63) is 28.2 Å². The van der Waals surface area contributed by atoms with Crippen LogP contribution >= 0.6 is 23.2 Å². The van der Waals surface area contributed by atoms with Crippen LogP contribution < -0.4 is 10.6 Å². The molecule has 1 aromatic rings. The zero-order valence-corrected chi connectivity index (χ0v) is 13.4. The van der Waals surface area contributed by atoms with Gasteiger partial charge in [0.05, 0.1) is 0 Å². The summed E-state index contributed by atoms with van der Waals surface area (Å²) in [7, 11) is 0. The summed E-state index contributed by atoms with van der Waals surface area (Å²) in [6, 6.07) is 4.68. The Morgan fingerprint density at radius 1 is 1.05 bits per heavy atom. The molecular formula is C14H18Cl2N2O2. The van der Waals surface area contributed by atoms with Crippen molar-refractivity contribution in [2.24, 2.45) is 5.41 Å². The van der Waals surface area contributed by atoms with E-state index in [1.807, 2.05) is 13.8 Å². The van der Waals surface area contributed by atoms with Crippen molar-refractivity contribution >= 4 is 40.7 Å². The van der Waals surface area contributed by atoms with Crippen LogP contribution in [0.5, 0.6) is 0 Å². The van der Waals surface area contributed by atoms with Gasteiger partial charge in [0.25, 0.3) is 0 Å². The summed E-state index contributed by atoms with van der Waals surface area (Å²) < 4.78 is 0. The molecule has 20 heavy (non-hydrogen) atoms. The molecule has 0 spiro atoms. The monoisotopic (exact) mass is 316 g/mol. The van der Waals surface area contributed by atoms with Gasteiger partial charge in [-0.05, 0) is 45.9 Å². The summed E-state index contributed by atoms with van der Waals surface area (Å²) in [6.07, 6.45) is 0. The minimum Gasteiger partial charge on any atom is -0.353 e. The summed E-state index contributed by atoms with van der Waals surface area (Å²) in [6.45, 7) is 6.80. The lowest BCUT2D eigenvalue weighted by molar-refractivity contribution is -0.138. The highest BCUT2D eigenvalue weighted by Gasteiger charge is 2.36. The third-order valence-electron chi connectivity index (χ3n) is 2.68. The maximum Gasteiger partial charge on any atom is 0.239 e. The quantitative estimate of drug-likeness (QED) is 0.835. The normalized spacial score (nSPS) is 11.3. The molecule has 2 amide bonds. The molecule has 0 fully saturated rings. The molecule has 1 aromatic carbocycles. The second-order valence-corrected chi connectivity index (χ2v) is 6.24. The van der Waals surface area contributed by atoms with Crippen LogP contribution in [0.25, 0.3) is 0 Å². The zero-order valence-electron chi connectivity index (χ0n) is 11.9. The third kappa shape index (κ3) is 4.39. The van der Waals surface area contributed by atoms with E-state index in [0.717, 1.165) is 0 Å². The van der Waals surface area contributed by atoms with E-state index in [4.69, 9.17) is 23.2 Å². The Kier molecular flexibility index (Phi) is 5.42. The molecule has 0 atom stereocenters. The van der Waals surface area contributed by atoms with Crippen molar-refractivity contribution < 1.29 is 9.59 Å². The minimum absolute atomic E-state index is 0.0322. The molecule has 1 rings (SSSR count). The van der Waals surface area contributed by atoms with Gasteiger partial charge in [-0.3, -0.25) is 9.59 Å². The van der Waals surface area contributed by atoms with Gasteiger partial charge in [-0.25, -0.2) is 0 Å². The second-order valence-electron chi connectivity index (χ2n) is 5.37. The first kappa shape index (κ1) is 16.8. The number of anilines is 1. The van der Waals surface area contributed by atoms with Gasteiger partial charge in [-0.15, -0.1) is 0 Å². The highest BCUT2D eigenvalue weighted by atomic mass is 35.5. The molecule has 0 aliphatic heterocycles. The van der Waals surface area contributed by atoms with Crippen LogP contribution in [0.1, 0.15) is 27.7 Å². The third-order valence-corrected chi connectivity index (χ3v) is 3.11. The molecule has 2 N–H and O–H groups in total. The van der Waals surface area contributed by atoms with E-state index >= 15 is 0 Å². The van der Waals surface area contributed by atoms with E-state index < -0.39 is 11.3 Å². The molecule has 0 saturated heterocycles. The fraction of sp³-hybridized carbons (Fsp3) is 0.429. The van der Waals surface area contributed by atoms with Crippen molar-refractivity contribution in [2.75, 3.05) is 5.32 Å². The van der Waals surface area contributed by atoms with Crippen molar-refractivity contribution in [2.45, 2.75) is 33.7 Å². The summed E-state index contributed by atoms with van der Waals surface area (Å²) >= 11 is 11.7. The molecule has 6 heteroatoms. The number of carbonyl (C=O) groups is 2. The Bertz CT molecular complexity index is 508. The number of hydrogen-bond donors (Lipinski definition) is 2. The predicted molar refractivity (Wildman–Crippen MR) is 82.2 cm³/mol. The van der Waals surface area contributed by atoms with Crippen LogP contribution in [0.3, 0.4) is 0 Å². The van der Waals surface area contributed by atoms with Gasteiger partial charge in [0.2, 0.25) is 11.8 Å². The summed E-state index contributed by atoms with van der Waals surface area (Å²) in [5.41, 5.74) is -0.739. The molecule has 0 unspecified atom stereocenters. The Labute approximate surface area is 128 Å². The van der Waals surface area contributed by atoms with Crippen molar-refractivity contribution in [3.63, 3.8) is 0 Å². The van der Waals surface area contributed by atoms with Crippen molar-refractivity contribution in [1.29, 1.82) is 0 Å². The first-order valence-corrected chi connectivity index (χ1v) is 6.97. The first-order valence-electron chi connectivity index (χ1n) is 6.21. The summed E-state index contributed by atoms with van der Waals surface area (Å²) in [4.78, 5) is 24.2. The molecule has 0 radical (unpaired) electrons. The van der Waals surface area contributed by atoms with Gasteiger partial charge in [0.15, 0.2) is 0 Å². The summed E-state index contributed by atoms with van der Waals surface area (Å²) in [5, 5.41) is 6.20. The fourth-order valence-corrected chi connectivity index (χ4v) is 1.99. The molecule has 0 heterocycles. The second kappa shape index (κ2) is 6.46. The lowest BCUT2D eigenvalue weighted by atomic mass is 9.90. The molecule has 0 aliphatic carbocycles. The topological polar surface area (TPSA) is 58.2 Å². The predicted octanol–water partition coefficient (Wildman–Crippen LogP) is 3.48. The lowest BCUT2D eigenvalue weighted by Gasteiger charge is -2.24. The SMILES string of the molecule is CC(C)NC(=O)C(C)(C)C(=O)Nc1cc(Cl)cc(Cl)c1. The number of rotatable bonds is 4. The van der Waals surface area contributed by atoms with Crippen molar-refractivity contribution in [3.8, 4) is 0 Å². The summed E-state index contributed by atoms with van der Waals surface area (Å²) in [5.74, 6) is -0.757. The maximum atomic E-state index is 12.2. The number of halogens is 2. The zero-order chi connectivity index (χ0) is 15.5. The molecule has 0 saturated carbocycles. The van der Waals surface area contributed by atoms with E-state index in [0.29, 0.717) is 15.7 Å². The number of nitrogens with one attached hydrogen (secondary N) is 2. The Morgan fingerprint density at radius 2 is 1.55 bits per heavy atom. The molecule has 110 valence electrons. The van der Waals surface area contributed by atoms with E-state index in [1.54, 1.807) is 32.0 Å². The standard InChI is InChI=1S/C14H18Cl2N2O2/c1-8(2)17-12(19)14(3,4)13(20)18-11-6-9(15)5-10(16)7-11/h5-8H,1-4H3,(H,17,19)(H,18,20). The van der Waals surface area contributed by atoms with Gasteiger partial charge >= 0.3 is 0 Å². The Balaban J connectivity index is 2.86. The maximum absolute atomic E-state index is 12.2. The van der Waals surface area contributed by atoms with Gasteiger partial charge in [0.1, 0.15) is 5.41 Å². The molecule has 0 aliphatic rings. The molecule has 4 nitrogen and oxygen atoms in total. The highest BCUT2D eigenvalue weighted by molar-refractivity contribution is 6.35. The van der Waals surface area contributed by atoms with Crippen LogP contribution in [0.4, 0.5) is 5.69 Å². The number of carbonyl (C=O) groups excluding carboxylic acids is 2. The Hall–Kier alpha value is -1.26. The number of hydrogen-bond acceptors (Lipinski definition) is 2. The van der Waals surface area contributed by atoms with Gasteiger partial charge in [-0.1, -0.05) is 23.2 Å². The largest absolute Gasteiger partial charge is 0.353 e. The van der Waals surface area contributed by atoms with Crippen LogP contribution in [0.2, 0.25) is 10.0 Å².